The number of ether oxygens (including phenoxy) is 1. The monoisotopic (exact) mass is 308 g/mol. The molecule has 2 aromatic heterocycles. The number of carbonyl (C=O) groups is 1. The van der Waals surface area contributed by atoms with Crippen molar-refractivity contribution >= 4 is 17.2 Å². The molecule has 6 nitrogen and oxygen atoms in total. The molecule has 0 radical (unpaired) electrons. The van der Waals surface area contributed by atoms with Crippen LogP contribution in [0.25, 0.3) is 0 Å². The molecule has 0 saturated carbocycles. The Bertz CT molecular complexity index is 606. The van der Waals surface area contributed by atoms with Crippen LogP contribution in [-0.2, 0) is 18.4 Å². The van der Waals surface area contributed by atoms with E-state index in [1.807, 2.05) is 33.0 Å². The van der Waals surface area contributed by atoms with Crippen LogP contribution in [0.5, 0.6) is 0 Å². The average molecular weight is 308 g/mol. The first-order chi connectivity index (χ1) is 10.0. The van der Waals surface area contributed by atoms with Crippen LogP contribution in [0.15, 0.2) is 18.5 Å². The Morgan fingerprint density at radius 2 is 2.24 bits per heavy atom. The zero-order valence-electron chi connectivity index (χ0n) is 12.7. The molecule has 7 heteroatoms. The van der Waals surface area contributed by atoms with Gasteiger partial charge in [0.1, 0.15) is 12.2 Å². The predicted molar refractivity (Wildman–Crippen MR) is 81.1 cm³/mol. The summed E-state index contributed by atoms with van der Waals surface area (Å²) in [6.07, 6.45) is 1.50. The van der Waals surface area contributed by atoms with Gasteiger partial charge in [-0.25, -0.2) is 4.98 Å². The van der Waals surface area contributed by atoms with Gasteiger partial charge in [0.05, 0.1) is 17.5 Å². The van der Waals surface area contributed by atoms with Crippen LogP contribution in [0.2, 0.25) is 0 Å². The van der Waals surface area contributed by atoms with Gasteiger partial charge in [-0.2, -0.15) is 5.10 Å². The molecule has 0 aliphatic carbocycles. The Morgan fingerprint density at radius 3 is 2.81 bits per heavy atom. The molecule has 21 heavy (non-hydrogen) atoms. The van der Waals surface area contributed by atoms with E-state index in [-0.39, 0.29) is 17.9 Å². The summed E-state index contributed by atoms with van der Waals surface area (Å²) in [7, 11) is 3.47. The lowest BCUT2D eigenvalue weighted by atomic mass is 10.0. The number of hydrogen-bond acceptors (Lipinski definition) is 5. The van der Waals surface area contributed by atoms with Gasteiger partial charge in [-0.1, -0.05) is 13.8 Å². The zero-order valence-corrected chi connectivity index (χ0v) is 13.5. The van der Waals surface area contributed by atoms with E-state index < -0.39 is 0 Å². The summed E-state index contributed by atoms with van der Waals surface area (Å²) in [6.45, 7) is 4.61. The van der Waals surface area contributed by atoms with Crippen LogP contribution in [0, 0.1) is 5.92 Å². The average Bonchev–Trinajstić information content (AvgIpc) is 3.05. The maximum atomic E-state index is 12.4. The molecule has 0 aliphatic rings. The number of methoxy groups -OCH3 is 1. The van der Waals surface area contributed by atoms with E-state index in [0.29, 0.717) is 11.5 Å². The number of rotatable bonds is 6. The summed E-state index contributed by atoms with van der Waals surface area (Å²) in [5.74, 6) is 0.881. The third-order valence-corrected chi connectivity index (χ3v) is 4.21. The van der Waals surface area contributed by atoms with Crippen molar-refractivity contribution in [1.29, 1.82) is 0 Å². The minimum absolute atomic E-state index is 0.0935. The van der Waals surface area contributed by atoms with Crippen molar-refractivity contribution in [3.63, 3.8) is 0 Å². The summed E-state index contributed by atoms with van der Waals surface area (Å²) in [6, 6.07) is 3.57. The molecule has 2 heterocycles. The molecule has 0 aliphatic heterocycles. The first-order valence-electron chi connectivity index (χ1n) is 6.75. The Morgan fingerprint density at radius 1 is 1.48 bits per heavy atom. The van der Waals surface area contributed by atoms with E-state index in [9.17, 15) is 4.79 Å². The molecule has 0 aromatic carbocycles. The van der Waals surface area contributed by atoms with Gasteiger partial charge in [-0.05, 0) is 18.1 Å². The Balaban J connectivity index is 2.13. The van der Waals surface area contributed by atoms with Crippen LogP contribution in [0.1, 0.15) is 40.3 Å². The van der Waals surface area contributed by atoms with Crippen molar-refractivity contribution in [2.45, 2.75) is 26.5 Å². The third kappa shape index (κ3) is 3.68. The molecule has 0 saturated heterocycles. The smallest absolute Gasteiger partial charge is 0.261 e. The summed E-state index contributed by atoms with van der Waals surface area (Å²) in [4.78, 5) is 18.3. The van der Waals surface area contributed by atoms with Crippen LogP contribution in [0.4, 0.5) is 0 Å². The molecular weight excluding hydrogens is 288 g/mol. The highest BCUT2D eigenvalue weighted by molar-refractivity contribution is 7.14. The minimum atomic E-state index is -0.169. The predicted octanol–water partition coefficient (Wildman–Crippen LogP) is 2.15. The standard InChI is InChI=1S/C14H20N4O2S/c1-9(2)12(13-15-8-16-18(13)3)17-14(19)11-6-5-10(21-11)7-20-4/h5-6,8-9,12H,7H2,1-4H3,(H,17,19)/t12-/m1/s1. The van der Waals surface area contributed by atoms with Gasteiger partial charge in [0, 0.05) is 19.0 Å². The number of aryl methyl sites for hydroxylation is 1. The lowest BCUT2D eigenvalue weighted by molar-refractivity contribution is 0.0926. The number of nitrogens with zero attached hydrogens (tertiary/aromatic N) is 3. The van der Waals surface area contributed by atoms with Gasteiger partial charge in [0.15, 0.2) is 0 Å². The SMILES string of the molecule is COCc1ccc(C(=O)N[C@@H](c2ncnn2C)C(C)C)s1. The van der Waals surface area contributed by atoms with Crippen molar-refractivity contribution < 1.29 is 9.53 Å². The molecule has 0 bridgehead atoms. The largest absolute Gasteiger partial charge is 0.379 e. The number of aromatic nitrogens is 3. The van der Waals surface area contributed by atoms with E-state index in [4.69, 9.17) is 4.74 Å². The molecule has 1 amide bonds. The molecular formula is C14H20N4O2S. The topological polar surface area (TPSA) is 69.0 Å². The lowest BCUT2D eigenvalue weighted by Crippen LogP contribution is -2.33. The van der Waals surface area contributed by atoms with Crippen molar-refractivity contribution in [2.24, 2.45) is 13.0 Å². The lowest BCUT2D eigenvalue weighted by Gasteiger charge is -2.21. The number of amides is 1. The van der Waals surface area contributed by atoms with Gasteiger partial charge >= 0.3 is 0 Å². The molecule has 2 rings (SSSR count). The van der Waals surface area contributed by atoms with Gasteiger partial charge in [-0.15, -0.1) is 11.3 Å². The minimum Gasteiger partial charge on any atom is -0.379 e. The first-order valence-corrected chi connectivity index (χ1v) is 7.57. The van der Waals surface area contributed by atoms with Crippen molar-refractivity contribution in [3.05, 3.63) is 34.0 Å². The van der Waals surface area contributed by atoms with E-state index in [0.717, 1.165) is 10.7 Å². The first kappa shape index (κ1) is 15.7. The van der Waals surface area contributed by atoms with E-state index >= 15 is 0 Å². The molecule has 114 valence electrons. The van der Waals surface area contributed by atoms with Gasteiger partial charge < -0.3 is 10.1 Å². The Hall–Kier alpha value is -1.73. The second kappa shape index (κ2) is 6.82. The third-order valence-electron chi connectivity index (χ3n) is 3.15. The maximum Gasteiger partial charge on any atom is 0.261 e. The van der Waals surface area contributed by atoms with Gasteiger partial charge in [0.2, 0.25) is 0 Å². The number of hydrogen-bond donors (Lipinski definition) is 1. The van der Waals surface area contributed by atoms with Gasteiger partial charge in [-0.3, -0.25) is 9.48 Å². The summed E-state index contributed by atoms with van der Waals surface area (Å²) in [5, 5.41) is 7.11. The number of carbonyl (C=O) groups excluding carboxylic acids is 1. The molecule has 1 N–H and O–H groups in total. The summed E-state index contributed by atoms with van der Waals surface area (Å²) >= 11 is 1.44. The molecule has 1 atom stereocenters. The fourth-order valence-electron chi connectivity index (χ4n) is 2.05. The van der Waals surface area contributed by atoms with Crippen LogP contribution >= 0.6 is 11.3 Å². The Labute approximate surface area is 128 Å². The normalized spacial score (nSPS) is 12.6. The molecule has 0 spiro atoms. The van der Waals surface area contributed by atoms with Gasteiger partial charge in [0.25, 0.3) is 5.91 Å². The van der Waals surface area contributed by atoms with Crippen molar-refractivity contribution in [1.82, 2.24) is 20.1 Å². The zero-order chi connectivity index (χ0) is 15.4. The quantitative estimate of drug-likeness (QED) is 0.888. The Kier molecular flexibility index (Phi) is 5.08. The second-order valence-electron chi connectivity index (χ2n) is 5.14. The van der Waals surface area contributed by atoms with Crippen molar-refractivity contribution in [3.8, 4) is 0 Å². The van der Waals surface area contributed by atoms with Crippen LogP contribution in [0.3, 0.4) is 0 Å². The van der Waals surface area contributed by atoms with E-state index in [2.05, 4.69) is 15.4 Å². The van der Waals surface area contributed by atoms with E-state index in [1.54, 1.807) is 11.8 Å². The highest BCUT2D eigenvalue weighted by Gasteiger charge is 2.23. The van der Waals surface area contributed by atoms with Crippen LogP contribution in [-0.4, -0.2) is 27.8 Å². The number of thiophene rings is 1. The summed E-state index contributed by atoms with van der Waals surface area (Å²) in [5.41, 5.74) is 0. The maximum absolute atomic E-state index is 12.4. The van der Waals surface area contributed by atoms with Crippen LogP contribution < -0.4 is 5.32 Å². The molecule has 0 fully saturated rings. The van der Waals surface area contributed by atoms with E-state index in [1.165, 1.54) is 17.7 Å². The molecule has 0 unspecified atom stereocenters. The fraction of sp³-hybridized carbons (Fsp3) is 0.500. The number of nitrogens with one attached hydrogen (secondary N) is 1. The highest BCUT2D eigenvalue weighted by Crippen LogP contribution is 2.22. The fourth-order valence-corrected chi connectivity index (χ4v) is 2.93. The summed E-state index contributed by atoms with van der Waals surface area (Å²) < 4.78 is 6.76. The van der Waals surface area contributed by atoms with Crippen molar-refractivity contribution in [2.75, 3.05) is 7.11 Å². The highest BCUT2D eigenvalue weighted by atomic mass is 32.1. The molecule has 2 aromatic rings. The second-order valence-corrected chi connectivity index (χ2v) is 6.30.